The SMILES string of the molecule is COc1cc2c(cc1OC)C(=O)C(CC1(F)CCNCC1)C2. The first-order valence-corrected chi connectivity index (χ1v) is 7.75. The molecule has 1 aromatic carbocycles. The van der Waals surface area contributed by atoms with E-state index in [0.717, 1.165) is 5.56 Å². The minimum Gasteiger partial charge on any atom is -0.493 e. The Morgan fingerprint density at radius 3 is 2.50 bits per heavy atom. The van der Waals surface area contributed by atoms with E-state index in [1.807, 2.05) is 6.07 Å². The first kappa shape index (κ1) is 15.3. The van der Waals surface area contributed by atoms with Gasteiger partial charge in [0.2, 0.25) is 0 Å². The Kier molecular flexibility index (Phi) is 4.08. The van der Waals surface area contributed by atoms with E-state index in [-0.39, 0.29) is 11.7 Å². The predicted octanol–water partition coefficient (Wildman–Crippen LogP) is 2.54. The average Bonchev–Trinajstić information content (AvgIpc) is 2.81. The largest absolute Gasteiger partial charge is 0.493 e. The lowest BCUT2D eigenvalue weighted by molar-refractivity contribution is 0.0686. The van der Waals surface area contributed by atoms with Gasteiger partial charge >= 0.3 is 0 Å². The van der Waals surface area contributed by atoms with Gasteiger partial charge in [-0.15, -0.1) is 0 Å². The number of carbonyl (C=O) groups is 1. The molecule has 0 amide bonds. The van der Waals surface area contributed by atoms with Crippen LogP contribution in [0.4, 0.5) is 4.39 Å². The molecule has 5 heteroatoms. The van der Waals surface area contributed by atoms with Gasteiger partial charge in [0, 0.05) is 11.5 Å². The summed E-state index contributed by atoms with van der Waals surface area (Å²) in [5, 5.41) is 3.17. The van der Waals surface area contributed by atoms with Gasteiger partial charge in [0.15, 0.2) is 17.3 Å². The number of benzene rings is 1. The molecular weight excluding hydrogens is 285 g/mol. The Morgan fingerprint density at radius 2 is 1.86 bits per heavy atom. The lowest BCUT2D eigenvalue weighted by atomic mass is 9.83. The normalized spacial score (nSPS) is 23.2. The molecule has 1 aromatic rings. The minimum atomic E-state index is -1.22. The number of fused-ring (bicyclic) bond motifs is 1. The second kappa shape index (κ2) is 5.88. The van der Waals surface area contributed by atoms with E-state index in [2.05, 4.69) is 5.32 Å². The third-order valence-electron chi connectivity index (χ3n) is 4.82. The van der Waals surface area contributed by atoms with Gasteiger partial charge in [-0.25, -0.2) is 4.39 Å². The molecule has 3 rings (SSSR count). The molecule has 1 atom stereocenters. The van der Waals surface area contributed by atoms with Crippen LogP contribution in [0.15, 0.2) is 12.1 Å². The third kappa shape index (κ3) is 2.70. The van der Waals surface area contributed by atoms with E-state index in [1.165, 1.54) is 0 Å². The molecule has 0 saturated carbocycles. The number of methoxy groups -OCH3 is 2. The molecule has 2 aliphatic rings. The highest BCUT2D eigenvalue weighted by atomic mass is 19.1. The van der Waals surface area contributed by atoms with Crippen LogP contribution in [0, 0.1) is 5.92 Å². The van der Waals surface area contributed by atoms with Crippen LogP contribution in [0.2, 0.25) is 0 Å². The number of halogens is 1. The number of Topliss-reactive ketones (excluding diaryl/α,β-unsaturated/α-hetero) is 1. The smallest absolute Gasteiger partial charge is 0.166 e. The Labute approximate surface area is 130 Å². The molecule has 22 heavy (non-hydrogen) atoms. The van der Waals surface area contributed by atoms with E-state index in [9.17, 15) is 9.18 Å². The summed E-state index contributed by atoms with van der Waals surface area (Å²) in [7, 11) is 3.12. The number of carbonyl (C=O) groups excluding carboxylic acids is 1. The van der Waals surface area contributed by atoms with Gasteiger partial charge in [-0.05, 0) is 56.5 Å². The number of nitrogens with one attached hydrogen (secondary N) is 1. The molecule has 0 bridgehead atoms. The molecule has 4 nitrogen and oxygen atoms in total. The van der Waals surface area contributed by atoms with Gasteiger partial charge in [-0.3, -0.25) is 4.79 Å². The standard InChI is InChI=1S/C17H22FNO3/c1-21-14-8-11-7-12(10-17(18)3-5-19-6-4-17)16(20)13(11)9-15(14)22-2/h8-9,12,19H,3-7,10H2,1-2H3. The Hall–Kier alpha value is -1.62. The van der Waals surface area contributed by atoms with Crippen LogP contribution in [-0.2, 0) is 6.42 Å². The summed E-state index contributed by atoms with van der Waals surface area (Å²) in [6, 6.07) is 3.57. The number of hydrogen-bond donors (Lipinski definition) is 1. The van der Waals surface area contributed by atoms with Crippen molar-refractivity contribution in [2.75, 3.05) is 27.3 Å². The van der Waals surface area contributed by atoms with Crippen molar-refractivity contribution >= 4 is 5.78 Å². The van der Waals surface area contributed by atoms with Crippen molar-refractivity contribution in [3.8, 4) is 11.5 Å². The molecular formula is C17H22FNO3. The maximum absolute atomic E-state index is 14.9. The van der Waals surface area contributed by atoms with Gasteiger partial charge in [0.25, 0.3) is 0 Å². The molecule has 1 aliphatic heterocycles. The highest BCUT2D eigenvalue weighted by Crippen LogP contribution is 2.41. The van der Waals surface area contributed by atoms with Crippen molar-refractivity contribution < 1.29 is 18.7 Å². The van der Waals surface area contributed by atoms with Crippen LogP contribution in [0.5, 0.6) is 11.5 Å². The van der Waals surface area contributed by atoms with E-state index < -0.39 is 5.67 Å². The average molecular weight is 307 g/mol. The number of ketones is 1. The van der Waals surface area contributed by atoms with Crippen molar-refractivity contribution in [2.24, 2.45) is 5.92 Å². The zero-order chi connectivity index (χ0) is 15.7. The van der Waals surface area contributed by atoms with Gasteiger partial charge in [-0.1, -0.05) is 0 Å². The van der Waals surface area contributed by atoms with Crippen molar-refractivity contribution in [1.29, 1.82) is 0 Å². The maximum atomic E-state index is 14.9. The fourth-order valence-corrected chi connectivity index (χ4v) is 3.58. The van der Waals surface area contributed by atoms with Crippen LogP contribution >= 0.6 is 0 Å². The summed E-state index contributed by atoms with van der Waals surface area (Å²) in [5.74, 6) is 0.931. The molecule has 1 saturated heterocycles. The fraction of sp³-hybridized carbons (Fsp3) is 0.588. The summed E-state index contributed by atoms with van der Waals surface area (Å²) >= 11 is 0. The number of ether oxygens (including phenoxy) is 2. The predicted molar refractivity (Wildman–Crippen MR) is 81.6 cm³/mol. The van der Waals surface area contributed by atoms with Gasteiger partial charge < -0.3 is 14.8 Å². The first-order chi connectivity index (χ1) is 10.6. The van der Waals surface area contributed by atoms with Crippen LogP contribution < -0.4 is 14.8 Å². The molecule has 1 fully saturated rings. The summed E-state index contributed by atoms with van der Waals surface area (Å²) in [6.07, 6.45) is 1.87. The van der Waals surface area contributed by atoms with Crippen LogP contribution in [0.1, 0.15) is 35.2 Å². The highest BCUT2D eigenvalue weighted by Gasteiger charge is 2.40. The van der Waals surface area contributed by atoms with E-state index in [0.29, 0.717) is 55.8 Å². The third-order valence-corrected chi connectivity index (χ3v) is 4.82. The summed E-state index contributed by atoms with van der Waals surface area (Å²) < 4.78 is 25.4. The van der Waals surface area contributed by atoms with Crippen LogP contribution in [0.3, 0.4) is 0 Å². The monoisotopic (exact) mass is 307 g/mol. The topological polar surface area (TPSA) is 47.6 Å². The Balaban J connectivity index is 1.81. The highest BCUT2D eigenvalue weighted by molar-refractivity contribution is 6.03. The molecule has 0 radical (unpaired) electrons. The molecule has 1 aliphatic carbocycles. The zero-order valence-electron chi connectivity index (χ0n) is 13.1. The van der Waals surface area contributed by atoms with E-state index >= 15 is 0 Å². The lowest BCUT2D eigenvalue weighted by Gasteiger charge is -2.31. The van der Waals surface area contributed by atoms with Crippen molar-refractivity contribution in [2.45, 2.75) is 31.4 Å². The number of alkyl halides is 1. The zero-order valence-corrected chi connectivity index (χ0v) is 13.1. The second-order valence-electron chi connectivity index (χ2n) is 6.23. The summed E-state index contributed by atoms with van der Waals surface area (Å²) in [6.45, 7) is 1.37. The van der Waals surface area contributed by atoms with Crippen LogP contribution in [0.25, 0.3) is 0 Å². The second-order valence-corrected chi connectivity index (χ2v) is 6.23. The Bertz CT molecular complexity index is 582. The molecule has 1 N–H and O–H groups in total. The van der Waals surface area contributed by atoms with E-state index in [1.54, 1.807) is 20.3 Å². The summed E-state index contributed by atoms with van der Waals surface area (Å²) in [5.41, 5.74) is 0.368. The number of piperidine rings is 1. The number of rotatable bonds is 4. The van der Waals surface area contributed by atoms with Crippen molar-refractivity contribution in [3.05, 3.63) is 23.3 Å². The molecule has 1 unspecified atom stereocenters. The van der Waals surface area contributed by atoms with Crippen LogP contribution in [-0.4, -0.2) is 38.8 Å². The fourth-order valence-electron chi connectivity index (χ4n) is 3.58. The van der Waals surface area contributed by atoms with E-state index in [4.69, 9.17) is 9.47 Å². The lowest BCUT2D eigenvalue weighted by Crippen LogP contribution is -2.40. The van der Waals surface area contributed by atoms with Gasteiger partial charge in [0.05, 0.1) is 14.2 Å². The van der Waals surface area contributed by atoms with Gasteiger partial charge in [0.1, 0.15) is 5.67 Å². The first-order valence-electron chi connectivity index (χ1n) is 7.75. The minimum absolute atomic E-state index is 0.0338. The van der Waals surface area contributed by atoms with Crippen molar-refractivity contribution in [1.82, 2.24) is 5.32 Å². The molecule has 120 valence electrons. The van der Waals surface area contributed by atoms with Crippen molar-refractivity contribution in [3.63, 3.8) is 0 Å². The summed E-state index contributed by atoms with van der Waals surface area (Å²) in [4.78, 5) is 12.6. The quantitative estimate of drug-likeness (QED) is 0.928. The molecule has 0 aromatic heterocycles. The van der Waals surface area contributed by atoms with Gasteiger partial charge in [-0.2, -0.15) is 0 Å². The molecule has 0 spiro atoms. The maximum Gasteiger partial charge on any atom is 0.166 e. The number of hydrogen-bond acceptors (Lipinski definition) is 4. The Morgan fingerprint density at radius 1 is 1.23 bits per heavy atom. The molecule has 1 heterocycles.